The zero-order chi connectivity index (χ0) is 9.26. The molecule has 0 amide bonds. The van der Waals surface area contributed by atoms with Crippen molar-refractivity contribution in [1.82, 2.24) is 4.98 Å². The number of hydrogen-bond donors (Lipinski definition) is 1. The monoisotopic (exact) mass is 180 g/mol. The van der Waals surface area contributed by atoms with Crippen LogP contribution in [0.1, 0.15) is 12.8 Å². The number of hydrogen-bond acceptors (Lipinski definition) is 4. The quantitative estimate of drug-likeness (QED) is 0.759. The van der Waals surface area contributed by atoms with Gasteiger partial charge in [0.05, 0.1) is 19.4 Å². The second-order valence-corrected chi connectivity index (χ2v) is 3.08. The van der Waals surface area contributed by atoms with Crippen LogP contribution in [0.3, 0.4) is 0 Å². The summed E-state index contributed by atoms with van der Waals surface area (Å²) in [6, 6.07) is 1.69. The summed E-state index contributed by atoms with van der Waals surface area (Å²) >= 11 is 0. The Kier molecular flexibility index (Phi) is 1.96. The standard InChI is InChI=1S/C9H12N2O2/c1-12-8-5-11-9(10)4-7(8)13-6-2-3-6/h4-6H,2-3H2,1H3,(H2,10,11). The molecule has 4 nitrogen and oxygen atoms in total. The first-order valence-electron chi connectivity index (χ1n) is 4.26. The summed E-state index contributed by atoms with van der Waals surface area (Å²) in [7, 11) is 1.59. The van der Waals surface area contributed by atoms with Crippen molar-refractivity contribution in [2.24, 2.45) is 0 Å². The normalized spacial score (nSPS) is 15.5. The molecular formula is C9H12N2O2. The zero-order valence-electron chi connectivity index (χ0n) is 7.49. The van der Waals surface area contributed by atoms with Crippen LogP contribution >= 0.6 is 0 Å². The van der Waals surface area contributed by atoms with Gasteiger partial charge in [-0.3, -0.25) is 0 Å². The lowest BCUT2D eigenvalue weighted by Gasteiger charge is -2.09. The molecule has 1 aliphatic rings. The van der Waals surface area contributed by atoms with Gasteiger partial charge in [0.15, 0.2) is 11.5 Å². The summed E-state index contributed by atoms with van der Waals surface area (Å²) in [6.45, 7) is 0. The molecule has 0 aromatic carbocycles. The number of aromatic nitrogens is 1. The Balaban J connectivity index is 2.22. The van der Waals surface area contributed by atoms with E-state index in [0.29, 0.717) is 23.4 Å². The van der Waals surface area contributed by atoms with Crippen molar-refractivity contribution in [2.45, 2.75) is 18.9 Å². The van der Waals surface area contributed by atoms with Crippen LogP contribution in [0.5, 0.6) is 11.5 Å². The first-order valence-corrected chi connectivity index (χ1v) is 4.26. The number of nitrogen functional groups attached to an aromatic ring is 1. The average Bonchev–Trinajstić information content (AvgIpc) is 2.89. The summed E-state index contributed by atoms with van der Waals surface area (Å²) in [5.74, 6) is 1.79. The molecule has 0 spiro atoms. The minimum atomic E-state index is 0.343. The van der Waals surface area contributed by atoms with Crippen LogP contribution in [0, 0.1) is 0 Å². The molecule has 2 rings (SSSR count). The highest BCUT2D eigenvalue weighted by Gasteiger charge is 2.25. The summed E-state index contributed by atoms with van der Waals surface area (Å²) in [5.41, 5.74) is 5.53. The van der Waals surface area contributed by atoms with Crippen molar-refractivity contribution < 1.29 is 9.47 Å². The minimum Gasteiger partial charge on any atom is -0.491 e. The van der Waals surface area contributed by atoms with Crippen molar-refractivity contribution in [2.75, 3.05) is 12.8 Å². The second-order valence-electron chi connectivity index (χ2n) is 3.08. The summed E-state index contributed by atoms with van der Waals surface area (Å²) < 4.78 is 10.7. The second kappa shape index (κ2) is 3.12. The molecule has 1 aliphatic carbocycles. The van der Waals surface area contributed by atoms with Gasteiger partial charge in [-0.15, -0.1) is 0 Å². The lowest BCUT2D eigenvalue weighted by molar-refractivity contribution is 0.281. The number of nitrogens with two attached hydrogens (primary N) is 1. The third kappa shape index (κ3) is 1.83. The first kappa shape index (κ1) is 8.16. The van der Waals surface area contributed by atoms with E-state index in [4.69, 9.17) is 15.2 Å². The fourth-order valence-corrected chi connectivity index (χ4v) is 1.05. The number of rotatable bonds is 3. The Labute approximate surface area is 76.7 Å². The number of methoxy groups -OCH3 is 1. The molecule has 1 aromatic heterocycles. The van der Waals surface area contributed by atoms with Gasteiger partial charge >= 0.3 is 0 Å². The van der Waals surface area contributed by atoms with E-state index in [2.05, 4.69) is 4.98 Å². The van der Waals surface area contributed by atoms with Crippen LogP contribution in [0.25, 0.3) is 0 Å². The van der Waals surface area contributed by atoms with Crippen LogP contribution in [-0.2, 0) is 0 Å². The summed E-state index contributed by atoms with van der Waals surface area (Å²) in [5, 5.41) is 0. The number of anilines is 1. The van der Waals surface area contributed by atoms with Gasteiger partial charge in [-0.1, -0.05) is 0 Å². The smallest absolute Gasteiger partial charge is 0.179 e. The van der Waals surface area contributed by atoms with E-state index < -0.39 is 0 Å². The molecular weight excluding hydrogens is 168 g/mol. The Bertz CT molecular complexity index is 310. The molecule has 13 heavy (non-hydrogen) atoms. The topological polar surface area (TPSA) is 57.4 Å². The molecule has 2 N–H and O–H groups in total. The van der Waals surface area contributed by atoms with Gasteiger partial charge in [0.25, 0.3) is 0 Å². The molecule has 70 valence electrons. The van der Waals surface area contributed by atoms with Crippen molar-refractivity contribution in [3.63, 3.8) is 0 Å². The van der Waals surface area contributed by atoms with E-state index in [0.717, 1.165) is 12.8 Å². The maximum Gasteiger partial charge on any atom is 0.179 e. The van der Waals surface area contributed by atoms with Crippen molar-refractivity contribution >= 4 is 5.82 Å². The molecule has 0 atom stereocenters. The van der Waals surface area contributed by atoms with E-state index in [1.165, 1.54) is 0 Å². The van der Waals surface area contributed by atoms with Crippen molar-refractivity contribution in [1.29, 1.82) is 0 Å². The third-order valence-corrected chi connectivity index (χ3v) is 1.89. The molecule has 1 saturated carbocycles. The SMILES string of the molecule is COc1cnc(N)cc1OC1CC1. The van der Waals surface area contributed by atoms with Crippen LogP contribution in [0.15, 0.2) is 12.3 Å². The van der Waals surface area contributed by atoms with Gasteiger partial charge in [-0.2, -0.15) is 0 Å². The molecule has 0 unspecified atom stereocenters. The summed E-state index contributed by atoms with van der Waals surface area (Å²) in [6.07, 6.45) is 4.15. The van der Waals surface area contributed by atoms with Crippen LogP contribution in [0.2, 0.25) is 0 Å². The fourth-order valence-electron chi connectivity index (χ4n) is 1.05. The molecule has 0 saturated heterocycles. The van der Waals surface area contributed by atoms with Gasteiger partial charge in [0.2, 0.25) is 0 Å². The maximum atomic E-state index is 5.58. The average molecular weight is 180 g/mol. The van der Waals surface area contributed by atoms with Gasteiger partial charge in [0, 0.05) is 6.07 Å². The Morgan fingerprint density at radius 3 is 2.85 bits per heavy atom. The highest BCUT2D eigenvalue weighted by molar-refractivity contribution is 5.46. The zero-order valence-corrected chi connectivity index (χ0v) is 7.49. The first-order chi connectivity index (χ1) is 6.29. The van der Waals surface area contributed by atoms with Gasteiger partial charge < -0.3 is 15.2 Å². The Hall–Kier alpha value is -1.45. The highest BCUT2D eigenvalue weighted by atomic mass is 16.5. The Morgan fingerprint density at radius 2 is 2.23 bits per heavy atom. The highest BCUT2D eigenvalue weighted by Crippen LogP contribution is 2.33. The van der Waals surface area contributed by atoms with Crippen molar-refractivity contribution in [3.05, 3.63) is 12.3 Å². The van der Waals surface area contributed by atoms with Crippen molar-refractivity contribution in [3.8, 4) is 11.5 Å². The predicted octanol–water partition coefficient (Wildman–Crippen LogP) is 1.21. The molecule has 1 fully saturated rings. The van der Waals surface area contributed by atoms with E-state index in [9.17, 15) is 0 Å². The largest absolute Gasteiger partial charge is 0.491 e. The van der Waals surface area contributed by atoms with E-state index >= 15 is 0 Å². The van der Waals surface area contributed by atoms with Crippen LogP contribution in [-0.4, -0.2) is 18.2 Å². The van der Waals surface area contributed by atoms with E-state index in [1.54, 1.807) is 19.4 Å². The van der Waals surface area contributed by atoms with Gasteiger partial charge in [0.1, 0.15) is 5.82 Å². The third-order valence-electron chi connectivity index (χ3n) is 1.89. The molecule has 1 heterocycles. The molecule has 4 heteroatoms. The molecule has 0 aliphatic heterocycles. The van der Waals surface area contributed by atoms with Gasteiger partial charge in [-0.05, 0) is 12.8 Å². The predicted molar refractivity (Wildman–Crippen MR) is 48.9 cm³/mol. The van der Waals surface area contributed by atoms with E-state index in [-0.39, 0.29) is 0 Å². The van der Waals surface area contributed by atoms with E-state index in [1.807, 2.05) is 0 Å². The molecule has 0 bridgehead atoms. The minimum absolute atomic E-state index is 0.343. The number of nitrogens with zero attached hydrogens (tertiary/aromatic N) is 1. The molecule has 1 aromatic rings. The lowest BCUT2D eigenvalue weighted by atomic mass is 10.4. The number of ether oxygens (including phenoxy) is 2. The number of pyridine rings is 1. The van der Waals surface area contributed by atoms with Crippen LogP contribution < -0.4 is 15.2 Å². The molecule has 0 radical (unpaired) electrons. The maximum absolute atomic E-state index is 5.58. The Morgan fingerprint density at radius 1 is 1.46 bits per heavy atom. The fraction of sp³-hybridized carbons (Fsp3) is 0.444. The van der Waals surface area contributed by atoms with Crippen LogP contribution in [0.4, 0.5) is 5.82 Å². The van der Waals surface area contributed by atoms with Gasteiger partial charge in [-0.25, -0.2) is 4.98 Å². The summed E-state index contributed by atoms with van der Waals surface area (Å²) in [4.78, 5) is 3.91. The lowest BCUT2D eigenvalue weighted by Crippen LogP contribution is -2.00.